The van der Waals surface area contributed by atoms with Gasteiger partial charge in [-0.15, -0.1) is 0 Å². The molecular weight excluding hydrogens is 274 g/mol. The summed E-state index contributed by atoms with van der Waals surface area (Å²) in [5.41, 5.74) is 4.78. The normalized spacial score (nSPS) is 25.2. The van der Waals surface area contributed by atoms with E-state index >= 15 is 0 Å². The minimum absolute atomic E-state index is 0.116. The molecule has 3 atom stereocenters. The molecular formula is C18H17N3O. The van der Waals surface area contributed by atoms with Crippen LogP contribution in [0, 0.1) is 0 Å². The van der Waals surface area contributed by atoms with Crippen LogP contribution in [0.25, 0.3) is 11.0 Å². The average molecular weight is 291 g/mol. The van der Waals surface area contributed by atoms with E-state index < -0.39 is 0 Å². The fraction of sp³-hybridized carbons (Fsp3) is 0.278. The maximum absolute atomic E-state index is 12.9. The Bertz CT molecular complexity index is 938. The molecule has 1 aromatic heterocycles. The predicted octanol–water partition coefficient (Wildman–Crippen LogP) is 2.22. The van der Waals surface area contributed by atoms with E-state index in [0.717, 1.165) is 23.1 Å². The molecule has 0 spiro atoms. The van der Waals surface area contributed by atoms with Crippen LogP contribution in [0.4, 0.5) is 0 Å². The third-order valence-electron chi connectivity index (χ3n) is 5.18. The highest BCUT2D eigenvalue weighted by molar-refractivity contribution is 5.82. The molecule has 2 aliphatic rings. The zero-order chi connectivity index (χ0) is 14.8. The molecule has 0 aliphatic carbocycles. The molecule has 0 N–H and O–H groups in total. The molecule has 5 rings (SSSR count). The number of aromatic nitrogens is 2. The third kappa shape index (κ3) is 1.48. The standard InChI is InChI=1S/C18H17N3O/c1-19-15-11-21-17-13(16(15)19)8-5-9-14(17)20(18(21)22)10-12-6-3-2-4-7-12/h2-9,15-16H,10-11H2,1H3. The van der Waals surface area contributed by atoms with E-state index in [1.807, 2.05) is 27.3 Å². The fourth-order valence-electron chi connectivity index (χ4n) is 3.98. The highest BCUT2D eigenvalue weighted by Crippen LogP contribution is 2.47. The number of hydrogen-bond donors (Lipinski definition) is 0. The summed E-state index contributed by atoms with van der Waals surface area (Å²) < 4.78 is 3.89. The van der Waals surface area contributed by atoms with E-state index in [2.05, 4.69) is 42.3 Å². The van der Waals surface area contributed by atoms with Crippen molar-refractivity contribution >= 4 is 11.0 Å². The quantitative estimate of drug-likeness (QED) is 0.678. The maximum Gasteiger partial charge on any atom is 0.329 e. The second-order valence-corrected chi connectivity index (χ2v) is 6.36. The SMILES string of the molecule is CN1C2Cn3c(=O)n(Cc4ccccc4)c4cccc(c43)C21. The van der Waals surface area contributed by atoms with Crippen molar-refractivity contribution in [3.63, 3.8) is 0 Å². The Labute approximate surface area is 128 Å². The highest BCUT2D eigenvalue weighted by atomic mass is 16.1. The molecule has 2 aromatic carbocycles. The number of nitrogens with zero attached hydrogens (tertiary/aromatic N) is 3. The molecule has 3 heterocycles. The average Bonchev–Trinajstić information content (AvgIpc) is 3.14. The molecule has 3 unspecified atom stereocenters. The lowest BCUT2D eigenvalue weighted by Gasteiger charge is -2.10. The predicted molar refractivity (Wildman–Crippen MR) is 86.0 cm³/mol. The number of hydrogen-bond acceptors (Lipinski definition) is 2. The monoisotopic (exact) mass is 291 g/mol. The van der Waals surface area contributed by atoms with Gasteiger partial charge in [-0.3, -0.25) is 14.0 Å². The molecule has 0 radical (unpaired) electrons. The highest BCUT2D eigenvalue weighted by Gasteiger charge is 2.50. The first-order valence-electron chi connectivity index (χ1n) is 7.73. The van der Waals surface area contributed by atoms with E-state index in [-0.39, 0.29) is 5.69 Å². The van der Waals surface area contributed by atoms with Gasteiger partial charge in [-0.05, 0) is 24.2 Å². The summed E-state index contributed by atoms with van der Waals surface area (Å²) in [5, 5.41) is 0. The molecule has 110 valence electrons. The van der Waals surface area contributed by atoms with E-state index in [4.69, 9.17) is 0 Å². The van der Waals surface area contributed by atoms with Gasteiger partial charge in [-0.2, -0.15) is 0 Å². The molecule has 1 saturated heterocycles. The van der Waals surface area contributed by atoms with Crippen LogP contribution in [-0.4, -0.2) is 27.1 Å². The smallest absolute Gasteiger partial charge is 0.291 e. The zero-order valence-electron chi connectivity index (χ0n) is 12.4. The van der Waals surface area contributed by atoms with Gasteiger partial charge in [0.15, 0.2) is 0 Å². The minimum atomic E-state index is 0.116. The summed E-state index contributed by atoms with van der Waals surface area (Å²) >= 11 is 0. The van der Waals surface area contributed by atoms with Crippen molar-refractivity contribution in [1.82, 2.24) is 14.0 Å². The van der Waals surface area contributed by atoms with Crippen molar-refractivity contribution < 1.29 is 0 Å². The Balaban J connectivity index is 1.73. The van der Waals surface area contributed by atoms with Crippen molar-refractivity contribution in [2.45, 2.75) is 25.2 Å². The Morgan fingerprint density at radius 3 is 2.73 bits per heavy atom. The van der Waals surface area contributed by atoms with E-state index in [0.29, 0.717) is 18.6 Å². The number of benzene rings is 2. The lowest BCUT2D eigenvalue weighted by molar-refractivity contribution is 0.542. The second kappa shape index (κ2) is 4.11. The van der Waals surface area contributed by atoms with Crippen LogP contribution in [0.3, 0.4) is 0 Å². The number of fused-ring (bicyclic) bond motifs is 2. The summed E-state index contributed by atoms with van der Waals surface area (Å²) in [4.78, 5) is 15.2. The lowest BCUT2D eigenvalue weighted by Crippen LogP contribution is -2.27. The first kappa shape index (κ1) is 12.2. The summed E-state index contributed by atoms with van der Waals surface area (Å²) in [5.74, 6) is 0. The van der Waals surface area contributed by atoms with Crippen LogP contribution in [0.5, 0.6) is 0 Å². The third-order valence-corrected chi connectivity index (χ3v) is 5.18. The molecule has 0 saturated carbocycles. The van der Waals surface area contributed by atoms with Gasteiger partial charge >= 0.3 is 5.69 Å². The van der Waals surface area contributed by atoms with Crippen LogP contribution in [0.2, 0.25) is 0 Å². The Morgan fingerprint density at radius 2 is 1.91 bits per heavy atom. The number of rotatable bonds is 2. The summed E-state index contributed by atoms with van der Waals surface area (Å²) in [6.45, 7) is 1.45. The summed E-state index contributed by atoms with van der Waals surface area (Å²) in [6, 6.07) is 17.5. The van der Waals surface area contributed by atoms with Gasteiger partial charge in [0.25, 0.3) is 0 Å². The van der Waals surface area contributed by atoms with Gasteiger partial charge in [0.2, 0.25) is 0 Å². The van der Waals surface area contributed by atoms with Crippen LogP contribution in [0.1, 0.15) is 17.2 Å². The Morgan fingerprint density at radius 1 is 1.09 bits per heavy atom. The first-order chi connectivity index (χ1) is 10.8. The fourth-order valence-corrected chi connectivity index (χ4v) is 3.98. The van der Waals surface area contributed by atoms with Crippen LogP contribution >= 0.6 is 0 Å². The zero-order valence-corrected chi connectivity index (χ0v) is 12.4. The van der Waals surface area contributed by atoms with Crippen LogP contribution in [-0.2, 0) is 13.1 Å². The van der Waals surface area contributed by atoms with Gasteiger partial charge in [0.05, 0.1) is 23.6 Å². The largest absolute Gasteiger partial charge is 0.329 e. The van der Waals surface area contributed by atoms with Gasteiger partial charge in [-0.1, -0.05) is 42.5 Å². The maximum atomic E-state index is 12.9. The van der Waals surface area contributed by atoms with Crippen molar-refractivity contribution in [2.24, 2.45) is 0 Å². The molecule has 0 amide bonds. The molecule has 4 nitrogen and oxygen atoms in total. The Kier molecular flexibility index (Phi) is 2.29. The van der Waals surface area contributed by atoms with Gasteiger partial charge in [0, 0.05) is 12.6 Å². The van der Waals surface area contributed by atoms with Crippen molar-refractivity contribution in [2.75, 3.05) is 7.05 Å². The molecule has 3 aromatic rings. The number of likely N-dealkylation sites (N-methyl/N-ethyl adjacent to an activating group) is 1. The minimum Gasteiger partial charge on any atom is -0.291 e. The van der Waals surface area contributed by atoms with Crippen LogP contribution < -0.4 is 5.69 Å². The van der Waals surface area contributed by atoms with Gasteiger partial charge in [0.1, 0.15) is 0 Å². The van der Waals surface area contributed by atoms with Crippen molar-refractivity contribution in [1.29, 1.82) is 0 Å². The topological polar surface area (TPSA) is 29.9 Å². The number of para-hydroxylation sites is 1. The first-order valence-corrected chi connectivity index (χ1v) is 7.73. The summed E-state index contributed by atoms with van der Waals surface area (Å²) in [6.07, 6.45) is 0. The molecule has 22 heavy (non-hydrogen) atoms. The molecule has 0 bridgehead atoms. The van der Waals surface area contributed by atoms with E-state index in [9.17, 15) is 4.79 Å². The Hall–Kier alpha value is -2.33. The molecule has 1 fully saturated rings. The van der Waals surface area contributed by atoms with Gasteiger partial charge in [-0.25, -0.2) is 4.79 Å². The van der Waals surface area contributed by atoms with E-state index in [1.165, 1.54) is 5.56 Å². The van der Waals surface area contributed by atoms with Gasteiger partial charge < -0.3 is 0 Å². The second-order valence-electron chi connectivity index (χ2n) is 6.36. The number of imidazole rings is 1. The van der Waals surface area contributed by atoms with E-state index in [1.54, 1.807) is 0 Å². The van der Waals surface area contributed by atoms with Crippen molar-refractivity contribution in [3.05, 3.63) is 70.1 Å². The van der Waals surface area contributed by atoms with Crippen molar-refractivity contribution in [3.8, 4) is 0 Å². The summed E-state index contributed by atoms with van der Waals surface area (Å²) in [7, 11) is 2.14. The van der Waals surface area contributed by atoms with Crippen LogP contribution in [0.15, 0.2) is 53.3 Å². The molecule has 4 heteroatoms. The lowest BCUT2D eigenvalue weighted by atomic mass is 10.0. The molecule has 2 aliphatic heterocycles.